The van der Waals surface area contributed by atoms with Crippen LogP contribution in [0.25, 0.3) is 6.08 Å². The largest absolute Gasteiger partial charge is 0.487 e. The number of carbonyl (C=O) groups is 1. The van der Waals surface area contributed by atoms with Crippen molar-refractivity contribution in [2.45, 2.75) is 6.61 Å². The second-order valence-corrected chi connectivity index (χ2v) is 7.02. The number of benzene rings is 2. The molecule has 4 rings (SSSR count). The van der Waals surface area contributed by atoms with Gasteiger partial charge in [0.2, 0.25) is 0 Å². The number of aromatic nitrogens is 1. The molecule has 1 aliphatic heterocycles. The Labute approximate surface area is 176 Å². The van der Waals surface area contributed by atoms with E-state index >= 15 is 0 Å². The van der Waals surface area contributed by atoms with Crippen LogP contribution in [0.2, 0.25) is 0 Å². The molecule has 0 amide bonds. The molecule has 3 aromatic rings. The van der Waals surface area contributed by atoms with Gasteiger partial charge in [-0.05, 0) is 60.2 Å². The van der Waals surface area contributed by atoms with E-state index < -0.39 is 0 Å². The molecule has 0 atom stereocenters. The maximum Gasteiger partial charge on any atom is 0.185 e. The van der Waals surface area contributed by atoms with Crippen LogP contribution in [0, 0.1) is 0 Å². The van der Waals surface area contributed by atoms with Gasteiger partial charge in [0.05, 0.1) is 18.9 Å². The maximum absolute atomic E-state index is 12.5. The van der Waals surface area contributed by atoms with E-state index in [1.807, 2.05) is 72.8 Å². The smallest absolute Gasteiger partial charge is 0.185 e. The lowest BCUT2D eigenvalue weighted by Gasteiger charge is -2.28. The Bertz CT molecular complexity index is 977. The number of pyridine rings is 1. The highest BCUT2D eigenvalue weighted by molar-refractivity contribution is 6.07. The summed E-state index contributed by atoms with van der Waals surface area (Å²) in [5, 5.41) is 0. The number of rotatable bonds is 7. The second kappa shape index (κ2) is 9.85. The van der Waals surface area contributed by atoms with Crippen molar-refractivity contribution in [1.82, 2.24) is 4.98 Å². The van der Waals surface area contributed by atoms with Crippen LogP contribution in [-0.4, -0.2) is 37.1 Å². The molecule has 0 aliphatic carbocycles. The van der Waals surface area contributed by atoms with Crippen LogP contribution in [0.5, 0.6) is 5.75 Å². The third kappa shape index (κ3) is 5.33. The average Bonchev–Trinajstić information content (AvgIpc) is 2.83. The van der Waals surface area contributed by atoms with Gasteiger partial charge in [0.15, 0.2) is 5.78 Å². The van der Waals surface area contributed by atoms with Crippen LogP contribution in [0.4, 0.5) is 5.69 Å². The highest BCUT2D eigenvalue weighted by Crippen LogP contribution is 2.18. The van der Waals surface area contributed by atoms with Crippen molar-refractivity contribution in [2.75, 3.05) is 31.2 Å². The van der Waals surface area contributed by atoms with Gasteiger partial charge in [0, 0.05) is 30.5 Å². The van der Waals surface area contributed by atoms with Crippen LogP contribution in [-0.2, 0) is 11.3 Å². The minimum atomic E-state index is -0.0148. The predicted octanol–water partition coefficient (Wildman–Crippen LogP) is 4.39. The number of carbonyl (C=O) groups excluding carboxylic acids is 1. The molecule has 0 unspecified atom stereocenters. The van der Waals surface area contributed by atoms with Crippen LogP contribution in [0.1, 0.15) is 21.6 Å². The number of anilines is 1. The quantitative estimate of drug-likeness (QED) is 0.435. The summed E-state index contributed by atoms with van der Waals surface area (Å²) in [6.45, 7) is 3.69. The number of ketones is 1. The average molecular weight is 400 g/mol. The summed E-state index contributed by atoms with van der Waals surface area (Å²) in [4.78, 5) is 19.0. The lowest BCUT2D eigenvalue weighted by Crippen LogP contribution is -2.36. The lowest BCUT2D eigenvalue weighted by atomic mass is 10.1. The molecule has 0 N–H and O–H groups in total. The molecule has 0 radical (unpaired) electrons. The van der Waals surface area contributed by atoms with Crippen molar-refractivity contribution in [2.24, 2.45) is 0 Å². The second-order valence-electron chi connectivity index (χ2n) is 7.02. The fourth-order valence-electron chi connectivity index (χ4n) is 3.24. The van der Waals surface area contributed by atoms with Crippen molar-refractivity contribution in [3.05, 3.63) is 95.8 Å². The van der Waals surface area contributed by atoms with E-state index in [9.17, 15) is 4.79 Å². The minimum Gasteiger partial charge on any atom is -0.487 e. The van der Waals surface area contributed by atoms with E-state index in [1.54, 1.807) is 12.3 Å². The molecule has 5 nitrogen and oxygen atoms in total. The Balaban J connectivity index is 1.32. The summed E-state index contributed by atoms with van der Waals surface area (Å²) in [5.41, 5.74) is 3.63. The Kier molecular flexibility index (Phi) is 6.52. The molecule has 2 heterocycles. The molecule has 152 valence electrons. The number of hydrogen-bond acceptors (Lipinski definition) is 5. The number of ether oxygens (including phenoxy) is 2. The summed E-state index contributed by atoms with van der Waals surface area (Å²) < 4.78 is 11.1. The van der Waals surface area contributed by atoms with Crippen molar-refractivity contribution in [3.8, 4) is 5.75 Å². The maximum atomic E-state index is 12.5. The van der Waals surface area contributed by atoms with Crippen molar-refractivity contribution < 1.29 is 14.3 Å². The van der Waals surface area contributed by atoms with E-state index in [-0.39, 0.29) is 5.78 Å². The van der Waals surface area contributed by atoms with E-state index in [0.717, 1.165) is 49.0 Å². The van der Waals surface area contributed by atoms with E-state index in [0.29, 0.717) is 12.2 Å². The third-order valence-corrected chi connectivity index (χ3v) is 4.95. The molecule has 1 aliphatic rings. The first kappa shape index (κ1) is 19.9. The summed E-state index contributed by atoms with van der Waals surface area (Å²) >= 11 is 0. The Morgan fingerprint density at radius 2 is 1.77 bits per heavy atom. The fraction of sp³-hybridized carbons (Fsp3) is 0.200. The highest BCUT2D eigenvalue weighted by atomic mass is 16.5. The predicted molar refractivity (Wildman–Crippen MR) is 118 cm³/mol. The van der Waals surface area contributed by atoms with Gasteiger partial charge in [0.25, 0.3) is 0 Å². The van der Waals surface area contributed by atoms with Crippen LogP contribution < -0.4 is 9.64 Å². The number of allylic oxidation sites excluding steroid dienone is 1. The molecule has 1 aromatic heterocycles. The molecule has 1 fully saturated rings. The van der Waals surface area contributed by atoms with E-state index in [1.165, 1.54) is 0 Å². The summed E-state index contributed by atoms with van der Waals surface area (Å²) in [6.07, 6.45) is 5.17. The van der Waals surface area contributed by atoms with Crippen molar-refractivity contribution in [3.63, 3.8) is 0 Å². The molecule has 2 aromatic carbocycles. The summed E-state index contributed by atoms with van der Waals surface area (Å²) in [6, 6.07) is 21.2. The number of nitrogens with zero attached hydrogens (tertiary/aromatic N) is 2. The number of morpholine rings is 1. The number of hydrogen-bond donors (Lipinski definition) is 0. The molecule has 30 heavy (non-hydrogen) atoms. The topological polar surface area (TPSA) is 51.7 Å². The molecule has 0 bridgehead atoms. The molecular weight excluding hydrogens is 376 g/mol. The van der Waals surface area contributed by atoms with Crippen LogP contribution >= 0.6 is 0 Å². The summed E-state index contributed by atoms with van der Waals surface area (Å²) in [5.74, 6) is 0.752. The normalized spacial score (nSPS) is 14.1. The SMILES string of the molecule is O=C(C=Cc1ccc(OCc2ccccn2)cc1)c1ccc(N2CCOCC2)cc1. The van der Waals surface area contributed by atoms with Crippen LogP contribution in [0.3, 0.4) is 0 Å². The standard InChI is InChI=1S/C25H24N2O3/c28-25(21-7-9-23(10-8-21)27-15-17-29-18-16-27)13-6-20-4-11-24(12-5-20)30-19-22-3-1-2-14-26-22/h1-14H,15-19H2. The minimum absolute atomic E-state index is 0.0148. The van der Waals surface area contributed by atoms with Gasteiger partial charge in [-0.2, -0.15) is 0 Å². The Hall–Kier alpha value is -3.44. The Morgan fingerprint density at radius 3 is 2.47 bits per heavy atom. The molecule has 0 spiro atoms. The van der Waals surface area contributed by atoms with E-state index in [2.05, 4.69) is 9.88 Å². The van der Waals surface area contributed by atoms with Gasteiger partial charge in [0.1, 0.15) is 12.4 Å². The first-order valence-electron chi connectivity index (χ1n) is 10.1. The first-order chi connectivity index (χ1) is 14.8. The van der Waals surface area contributed by atoms with Gasteiger partial charge in [-0.1, -0.05) is 24.3 Å². The third-order valence-electron chi connectivity index (χ3n) is 4.95. The lowest BCUT2D eigenvalue weighted by molar-refractivity contribution is 0.104. The van der Waals surface area contributed by atoms with Gasteiger partial charge in [-0.3, -0.25) is 9.78 Å². The molecule has 0 saturated carbocycles. The molecule has 5 heteroatoms. The Morgan fingerprint density at radius 1 is 1.00 bits per heavy atom. The van der Waals surface area contributed by atoms with Gasteiger partial charge in [-0.15, -0.1) is 0 Å². The monoisotopic (exact) mass is 400 g/mol. The molecular formula is C25H24N2O3. The highest BCUT2D eigenvalue weighted by Gasteiger charge is 2.11. The zero-order valence-electron chi connectivity index (χ0n) is 16.7. The van der Waals surface area contributed by atoms with Crippen molar-refractivity contribution >= 4 is 17.5 Å². The summed E-state index contributed by atoms with van der Waals surface area (Å²) in [7, 11) is 0. The molecule has 1 saturated heterocycles. The van der Waals surface area contributed by atoms with Crippen LogP contribution in [0.15, 0.2) is 79.0 Å². The first-order valence-corrected chi connectivity index (χ1v) is 10.1. The van der Waals surface area contributed by atoms with Crippen molar-refractivity contribution in [1.29, 1.82) is 0 Å². The van der Waals surface area contributed by atoms with Gasteiger partial charge >= 0.3 is 0 Å². The van der Waals surface area contributed by atoms with E-state index in [4.69, 9.17) is 9.47 Å². The fourth-order valence-corrected chi connectivity index (χ4v) is 3.24. The zero-order chi connectivity index (χ0) is 20.6. The van der Waals surface area contributed by atoms with Gasteiger partial charge in [-0.25, -0.2) is 0 Å². The van der Waals surface area contributed by atoms with Gasteiger partial charge < -0.3 is 14.4 Å². The zero-order valence-corrected chi connectivity index (χ0v) is 16.7.